The zero-order valence-corrected chi connectivity index (χ0v) is 17.4. The summed E-state index contributed by atoms with van der Waals surface area (Å²) in [5.41, 5.74) is 4.76. The maximum atomic E-state index is 12.5. The SMILES string of the molecule is CC1=C(c2ccccc2)C(CC(O)CCC(=O)N2CCC(C)CC2)n2cncc21. The fraction of sp³-hybridized carbons (Fsp3) is 0.500. The van der Waals surface area contributed by atoms with Crippen molar-refractivity contribution in [2.45, 2.75) is 58.1 Å². The molecular weight excluding hydrogens is 362 g/mol. The Morgan fingerprint density at radius 2 is 1.97 bits per heavy atom. The van der Waals surface area contributed by atoms with Gasteiger partial charge in [0.2, 0.25) is 5.91 Å². The summed E-state index contributed by atoms with van der Waals surface area (Å²) in [6.07, 6.45) is 6.92. The van der Waals surface area contributed by atoms with E-state index in [-0.39, 0.29) is 11.9 Å². The van der Waals surface area contributed by atoms with Gasteiger partial charge in [-0.15, -0.1) is 0 Å². The number of nitrogens with zero attached hydrogens (tertiary/aromatic N) is 3. The molecule has 5 heteroatoms. The molecule has 0 radical (unpaired) electrons. The number of aliphatic hydroxyl groups excluding tert-OH is 1. The van der Waals surface area contributed by atoms with Gasteiger partial charge in [-0.3, -0.25) is 4.79 Å². The molecule has 1 aromatic heterocycles. The number of carbonyl (C=O) groups excluding carboxylic acids is 1. The number of rotatable bonds is 6. The van der Waals surface area contributed by atoms with Crippen LogP contribution in [0.4, 0.5) is 0 Å². The van der Waals surface area contributed by atoms with Gasteiger partial charge in [0.05, 0.1) is 30.4 Å². The van der Waals surface area contributed by atoms with Gasteiger partial charge in [0, 0.05) is 19.5 Å². The van der Waals surface area contributed by atoms with Crippen molar-refractivity contribution in [3.8, 4) is 0 Å². The van der Waals surface area contributed by atoms with Crippen LogP contribution in [0.2, 0.25) is 0 Å². The van der Waals surface area contributed by atoms with Gasteiger partial charge in [-0.2, -0.15) is 0 Å². The number of carbonyl (C=O) groups is 1. The second-order valence-electron chi connectivity index (χ2n) is 8.60. The van der Waals surface area contributed by atoms with Crippen molar-refractivity contribution in [3.05, 3.63) is 54.1 Å². The molecule has 1 fully saturated rings. The van der Waals surface area contributed by atoms with Crippen molar-refractivity contribution in [2.24, 2.45) is 5.92 Å². The van der Waals surface area contributed by atoms with Crippen LogP contribution < -0.4 is 0 Å². The highest BCUT2D eigenvalue weighted by Crippen LogP contribution is 2.44. The monoisotopic (exact) mass is 393 g/mol. The van der Waals surface area contributed by atoms with Crippen LogP contribution >= 0.6 is 0 Å². The number of likely N-dealkylation sites (tertiary alicyclic amines) is 1. The first-order chi connectivity index (χ1) is 14.0. The summed E-state index contributed by atoms with van der Waals surface area (Å²) in [4.78, 5) is 18.8. The molecule has 3 heterocycles. The molecule has 1 amide bonds. The first-order valence-electron chi connectivity index (χ1n) is 10.8. The van der Waals surface area contributed by atoms with Crippen molar-refractivity contribution >= 4 is 17.1 Å². The molecule has 2 unspecified atom stereocenters. The smallest absolute Gasteiger partial charge is 0.222 e. The third kappa shape index (κ3) is 4.15. The van der Waals surface area contributed by atoms with Gasteiger partial charge in [-0.25, -0.2) is 4.98 Å². The largest absolute Gasteiger partial charge is 0.393 e. The van der Waals surface area contributed by atoms with Crippen molar-refractivity contribution in [3.63, 3.8) is 0 Å². The number of allylic oxidation sites excluding steroid dienone is 2. The van der Waals surface area contributed by atoms with Crippen LogP contribution in [-0.2, 0) is 4.79 Å². The molecule has 4 rings (SSSR count). The van der Waals surface area contributed by atoms with Crippen LogP contribution in [-0.4, -0.2) is 44.7 Å². The normalized spacial score (nSPS) is 20.8. The molecule has 0 aliphatic carbocycles. The molecule has 1 N–H and O–H groups in total. The molecule has 154 valence electrons. The summed E-state index contributed by atoms with van der Waals surface area (Å²) in [6.45, 7) is 6.09. The maximum absolute atomic E-state index is 12.5. The molecule has 2 atom stereocenters. The number of aliphatic hydroxyl groups is 1. The first-order valence-corrected chi connectivity index (χ1v) is 10.8. The Morgan fingerprint density at radius 3 is 2.69 bits per heavy atom. The van der Waals surface area contributed by atoms with E-state index in [1.165, 1.54) is 16.7 Å². The third-order valence-corrected chi connectivity index (χ3v) is 6.53. The maximum Gasteiger partial charge on any atom is 0.222 e. The van der Waals surface area contributed by atoms with Crippen LogP contribution in [0.15, 0.2) is 42.9 Å². The number of imidazole rings is 1. The van der Waals surface area contributed by atoms with E-state index < -0.39 is 6.10 Å². The van der Waals surface area contributed by atoms with Crippen molar-refractivity contribution in [2.75, 3.05) is 13.1 Å². The molecule has 1 aromatic carbocycles. The number of hydrogen-bond acceptors (Lipinski definition) is 3. The van der Waals surface area contributed by atoms with E-state index in [4.69, 9.17) is 0 Å². The molecule has 0 bridgehead atoms. The van der Waals surface area contributed by atoms with Crippen LogP contribution in [0, 0.1) is 5.92 Å². The zero-order chi connectivity index (χ0) is 20.4. The van der Waals surface area contributed by atoms with Gasteiger partial charge in [0.15, 0.2) is 0 Å². The Labute approximate surface area is 173 Å². The molecule has 5 nitrogen and oxygen atoms in total. The quantitative estimate of drug-likeness (QED) is 0.802. The first kappa shape index (κ1) is 19.9. The topological polar surface area (TPSA) is 58.4 Å². The van der Waals surface area contributed by atoms with E-state index in [2.05, 4.69) is 35.5 Å². The molecule has 2 aromatic rings. The second-order valence-corrected chi connectivity index (χ2v) is 8.60. The van der Waals surface area contributed by atoms with Gasteiger partial charge in [0.1, 0.15) is 0 Å². The number of amides is 1. The van der Waals surface area contributed by atoms with Crippen LogP contribution in [0.1, 0.15) is 63.3 Å². The van der Waals surface area contributed by atoms with E-state index in [9.17, 15) is 9.90 Å². The Morgan fingerprint density at radius 1 is 1.24 bits per heavy atom. The summed E-state index contributed by atoms with van der Waals surface area (Å²) in [5, 5.41) is 10.8. The fourth-order valence-electron chi connectivity index (χ4n) is 4.71. The summed E-state index contributed by atoms with van der Waals surface area (Å²) < 4.78 is 2.16. The number of hydrogen-bond donors (Lipinski definition) is 1. The van der Waals surface area contributed by atoms with Crippen molar-refractivity contribution in [1.29, 1.82) is 0 Å². The van der Waals surface area contributed by atoms with Crippen molar-refractivity contribution < 1.29 is 9.90 Å². The minimum atomic E-state index is -0.521. The molecular formula is C24H31N3O2. The van der Waals surface area contributed by atoms with Gasteiger partial charge < -0.3 is 14.6 Å². The minimum absolute atomic E-state index is 0.0517. The Hall–Kier alpha value is -2.40. The Kier molecular flexibility index (Phi) is 5.86. The highest BCUT2D eigenvalue weighted by Gasteiger charge is 2.31. The molecule has 0 spiro atoms. The Balaban J connectivity index is 1.42. The highest BCUT2D eigenvalue weighted by atomic mass is 16.3. The fourth-order valence-corrected chi connectivity index (χ4v) is 4.71. The molecule has 2 aliphatic rings. The van der Waals surface area contributed by atoms with E-state index >= 15 is 0 Å². The predicted molar refractivity (Wildman–Crippen MR) is 115 cm³/mol. The lowest BCUT2D eigenvalue weighted by atomic mass is 9.91. The lowest BCUT2D eigenvalue weighted by Crippen LogP contribution is -2.38. The standard InChI is InChI=1S/C24H31N3O2/c1-17-10-12-26(13-11-17)23(29)9-8-20(28)14-21-24(19-6-4-3-5-7-19)18(2)22-15-25-16-27(21)22/h3-7,15-17,20-21,28H,8-14H2,1-2H3. The van der Waals surface area contributed by atoms with Crippen molar-refractivity contribution in [1.82, 2.24) is 14.5 Å². The molecule has 29 heavy (non-hydrogen) atoms. The van der Waals surface area contributed by atoms with Gasteiger partial charge in [-0.1, -0.05) is 37.3 Å². The third-order valence-electron chi connectivity index (χ3n) is 6.53. The van der Waals surface area contributed by atoms with E-state index in [0.717, 1.165) is 31.6 Å². The van der Waals surface area contributed by atoms with Gasteiger partial charge in [-0.05, 0) is 55.2 Å². The lowest BCUT2D eigenvalue weighted by Gasteiger charge is -2.30. The van der Waals surface area contributed by atoms with Crippen LogP contribution in [0.25, 0.3) is 11.1 Å². The summed E-state index contributed by atoms with van der Waals surface area (Å²) in [6, 6.07) is 10.4. The molecule has 0 saturated carbocycles. The number of fused-ring (bicyclic) bond motifs is 1. The van der Waals surface area contributed by atoms with E-state index in [1.807, 2.05) is 35.6 Å². The summed E-state index contributed by atoms with van der Waals surface area (Å²) >= 11 is 0. The zero-order valence-electron chi connectivity index (χ0n) is 17.4. The lowest BCUT2D eigenvalue weighted by molar-refractivity contribution is -0.133. The average Bonchev–Trinajstić information content (AvgIpc) is 3.31. The van der Waals surface area contributed by atoms with E-state index in [1.54, 1.807) is 0 Å². The second kappa shape index (κ2) is 8.54. The summed E-state index contributed by atoms with van der Waals surface area (Å²) in [5.74, 6) is 0.892. The van der Waals surface area contributed by atoms with Crippen LogP contribution in [0.5, 0.6) is 0 Å². The molecule has 2 aliphatic heterocycles. The minimum Gasteiger partial charge on any atom is -0.393 e. The number of benzene rings is 1. The highest BCUT2D eigenvalue weighted by molar-refractivity contribution is 5.93. The number of aromatic nitrogens is 2. The predicted octanol–water partition coefficient (Wildman–Crippen LogP) is 4.16. The Bertz CT molecular complexity index is 879. The average molecular weight is 394 g/mol. The van der Waals surface area contributed by atoms with E-state index in [0.29, 0.717) is 25.2 Å². The number of piperidine rings is 1. The summed E-state index contributed by atoms with van der Waals surface area (Å²) in [7, 11) is 0. The van der Waals surface area contributed by atoms with Crippen LogP contribution in [0.3, 0.4) is 0 Å². The molecule has 1 saturated heterocycles. The van der Waals surface area contributed by atoms with Gasteiger partial charge in [0.25, 0.3) is 0 Å². The van der Waals surface area contributed by atoms with Gasteiger partial charge >= 0.3 is 0 Å².